The van der Waals surface area contributed by atoms with Crippen LogP contribution >= 0.6 is 0 Å². The molecule has 1 aromatic rings. The van der Waals surface area contributed by atoms with Gasteiger partial charge in [-0.3, -0.25) is 0 Å². The summed E-state index contributed by atoms with van der Waals surface area (Å²) in [4.78, 5) is 0. The molecule has 1 aliphatic rings. The normalized spacial score (nSPS) is 24.2. The first-order valence-electron chi connectivity index (χ1n) is 5.51. The molecule has 0 N–H and O–H groups in total. The zero-order valence-electron chi connectivity index (χ0n) is 10.8. The lowest BCUT2D eigenvalue weighted by Gasteiger charge is -2.16. The first-order chi connectivity index (χ1) is 7.98. The highest BCUT2D eigenvalue weighted by atomic mass is 16.7. The second kappa shape index (κ2) is 3.99. The summed E-state index contributed by atoms with van der Waals surface area (Å²) in [6.07, 6.45) is -0.458. The van der Waals surface area contributed by atoms with Gasteiger partial charge in [0.1, 0.15) is 13.7 Å². The molecular weight excluding hydrogens is 212 g/mol. The van der Waals surface area contributed by atoms with E-state index in [-0.39, 0.29) is 18.1 Å². The van der Waals surface area contributed by atoms with E-state index in [1.165, 1.54) is 14.2 Å². The van der Waals surface area contributed by atoms with Gasteiger partial charge in [-0.2, -0.15) is 0 Å². The fraction of sp³-hybridized carbons (Fsp3) is 0.636. The van der Waals surface area contributed by atoms with Crippen molar-refractivity contribution in [1.82, 2.24) is 0 Å². The molecule has 5 nitrogen and oxygen atoms in total. The molecule has 2 rings (SSSR count). The number of hydrogen-bond donors (Lipinski definition) is 0. The molecule has 0 aromatic carbocycles. The molecule has 90 valence electrons. The third kappa shape index (κ3) is 1.88. The topological polar surface area (TPSA) is 50.1 Å². The summed E-state index contributed by atoms with van der Waals surface area (Å²) in [5.74, 6) is 0.442. The molecule has 0 amide bonds. The Bertz CT molecular complexity index is 412. The van der Waals surface area contributed by atoms with Gasteiger partial charge >= 0.3 is 0 Å². The van der Waals surface area contributed by atoms with E-state index in [0.29, 0.717) is 18.1 Å². The van der Waals surface area contributed by atoms with Crippen molar-refractivity contribution in [3.05, 3.63) is 12.0 Å². The average Bonchev–Trinajstić information content (AvgIpc) is 2.78. The van der Waals surface area contributed by atoms with Crippen LogP contribution in [0.1, 0.15) is 27.1 Å². The Morgan fingerprint density at radius 2 is 2.19 bits per heavy atom. The highest BCUT2D eigenvalue weighted by Crippen LogP contribution is 2.42. The fourth-order valence-corrected chi connectivity index (χ4v) is 1.66. The number of ether oxygens (including phenoxy) is 4. The van der Waals surface area contributed by atoms with E-state index in [2.05, 4.69) is 0 Å². The van der Waals surface area contributed by atoms with Crippen LogP contribution in [0.4, 0.5) is 0 Å². The van der Waals surface area contributed by atoms with Gasteiger partial charge in [0, 0.05) is 0 Å². The van der Waals surface area contributed by atoms with Crippen LogP contribution in [0, 0.1) is 0 Å². The molecule has 16 heavy (non-hydrogen) atoms. The molecule has 0 saturated carbocycles. The van der Waals surface area contributed by atoms with Gasteiger partial charge in [0.2, 0.25) is 5.75 Å². The number of furan rings is 1. The summed E-state index contributed by atoms with van der Waals surface area (Å²) >= 11 is 0. The SMILES string of the molecule is [2H]c1oc([C@@H]2COC(C)(C)O2)c(OC)c1OC. The Kier molecular flexibility index (Phi) is 2.49. The summed E-state index contributed by atoms with van der Waals surface area (Å²) in [5.41, 5.74) is 0. The van der Waals surface area contributed by atoms with Crippen LogP contribution in [-0.4, -0.2) is 26.6 Å². The van der Waals surface area contributed by atoms with Gasteiger partial charge in [-0.1, -0.05) is 0 Å². The second-order valence-corrected chi connectivity index (χ2v) is 3.95. The first-order valence-corrected chi connectivity index (χ1v) is 5.01. The van der Waals surface area contributed by atoms with E-state index in [0.717, 1.165) is 0 Å². The highest BCUT2D eigenvalue weighted by Gasteiger charge is 2.38. The van der Waals surface area contributed by atoms with Crippen LogP contribution in [0.15, 0.2) is 10.7 Å². The van der Waals surface area contributed by atoms with Gasteiger partial charge in [0.15, 0.2) is 17.3 Å². The van der Waals surface area contributed by atoms with E-state index in [4.69, 9.17) is 24.7 Å². The second-order valence-electron chi connectivity index (χ2n) is 3.95. The maximum atomic E-state index is 7.63. The van der Waals surface area contributed by atoms with Crippen LogP contribution in [0.2, 0.25) is 0 Å². The Morgan fingerprint density at radius 3 is 2.69 bits per heavy atom. The number of hydrogen-bond acceptors (Lipinski definition) is 5. The molecule has 0 unspecified atom stereocenters. The molecule has 0 aliphatic carbocycles. The number of methoxy groups -OCH3 is 2. The monoisotopic (exact) mass is 229 g/mol. The van der Waals surface area contributed by atoms with Crippen molar-refractivity contribution in [2.75, 3.05) is 20.8 Å². The minimum atomic E-state index is -0.655. The molecule has 5 heteroatoms. The van der Waals surface area contributed by atoms with E-state index >= 15 is 0 Å². The smallest absolute Gasteiger partial charge is 0.205 e. The molecule has 1 saturated heterocycles. The fourth-order valence-electron chi connectivity index (χ4n) is 1.66. The predicted octanol–water partition coefficient (Wildman–Crippen LogP) is 2.12. The summed E-state index contributed by atoms with van der Waals surface area (Å²) in [6, 6.07) is 0. The van der Waals surface area contributed by atoms with Gasteiger partial charge in [0.25, 0.3) is 0 Å². The maximum Gasteiger partial charge on any atom is 0.205 e. The summed E-state index contributed by atoms with van der Waals surface area (Å²) in [5, 5.41) is 0. The van der Waals surface area contributed by atoms with Gasteiger partial charge in [-0.15, -0.1) is 0 Å². The van der Waals surface area contributed by atoms with Gasteiger partial charge in [0.05, 0.1) is 20.8 Å². The van der Waals surface area contributed by atoms with E-state index in [9.17, 15) is 0 Å². The minimum Gasteiger partial charge on any atom is -0.490 e. The van der Waals surface area contributed by atoms with Crippen LogP contribution in [0.5, 0.6) is 11.5 Å². The Balaban J connectivity index is 2.33. The van der Waals surface area contributed by atoms with Crippen molar-refractivity contribution in [3.8, 4) is 11.5 Å². The van der Waals surface area contributed by atoms with Gasteiger partial charge < -0.3 is 23.4 Å². The largest absolute Gasteiger partial charge is 0.490 e. The highest BCUT2D eigenvalue weighted by molar-refractivity contribution is 5.42. The third-order valence-electron chi connectivity index (χ3n) is 2.39. The first kappa shape index (κ1) is 9.99. The Labute approximate surface area is 95.6 Å². The maximum absolute atomic E-state index is 7.63. The Morgan fingerprint density at radius 1 is 1.44 bits per heavy atom. The zero-order valence-corrected chi connectivity index (χ0v) is 9.83. The Hall–Kier alpha value is -1.20. The van der Waals surface area contributed by atoms with Crippen molar-refractivity contribution in [2.24, 2.45) is 0 Å². The summed E-state index contributed by atoms with van der Waals surface area (Å²) < 4.78 is 34.3. The number of rotatable bonds is 3. The molecule has 0 bridgehead atoms. The van der Waals surface area contributed by atoms with Crippen molar-refractivity contribution in [1.29, 1.82) is 0 Å². The van der Waals surface area contributed by atoms with Crippen molar-refractivity contribution >= 4 is 0 Å². The lowest BCUT2D eigenvalue weighted by molar-refractivity contribution is -0.141. The molecule has 1 fully saturated rings. The summed E-state index contributed by atoms with van der Waals surface area (Å²) in [7, 11) is 2.96. The van der Waals surface area contributed by atoms with E-state index in [1.54, 1.807) is 0 Å². The van der Waals surface area contributed by atoms with E-state index < -0.39 is 5.79 Å². The molecule has 1 aliphatic heterocycles. The molecule has 0 radical (unpaired) electrons. The average molecular weight is 229 g/mol. The molecule has 1 aromatic heterocycles. The van der Waals surface area contributed by atoms with Crippen LogP contribution in [0.25, 0.3) is 0 Å². The third-order valence-corrected chi connectivity index (χ3v) is 2.39. The molecular formula is C11H16O5. The standard InChI is InChI=1S/C11H16O5/c1-11(2)15-6-8(16-11)10-9(13-4)7(12-3)5-14-10/h5,8H,6H2,1-4H3/t8-/m0/s1/i5D. The lowest BCUT2D eigenvalue weighted by atomic mass is 10.2. The van der Waals surface area contributed by atoms with Crippen LogP contribution < -0.4 is 9.47 Å². The molecule has 2 heterocycles. The lowest BCUT2D eigenvalue weighted by Crippen LogP contribution is -2.19. The van der Waals surface area contributed by atoms with Gasteiger partial charge in [-0.05, 0) is 13.8 Å². The van der Waals surface area contributed by atoms with Crippen molar-refractivity contribution < 1.29 is 24.7 Å². The minimum absolute atomic E-state index is 0.0762. The molecule has 1 atom stereocenters. The van der Waals surface area contributed by atoms with Crippen molar-refractivity contribution in [3.63, 3.8) is 0 Å². The van der Waals surface area contributed by atoms with Crippen molar-refractivity contribution in [2.45, 2.75) is 25.7 Å². The quantitative estimate of drug-likeness (QED) is 0.794. The zero-order chi connectivity index (χ0) is 12.6. The summed E-state index contributed by atoms with van der Waals surface area (Å²) in [6.45, 7) is 4.00. The predicted molar refractivity (Wildman–Crippen MR) is 55.7 cm³/mol. The molecule has 0 spiro atoms. The van der Waals surface area contributed by atoms with Gasteiger partial charge in [-0.25, -0.2) is 0 Å². The van der Waals surface area contributed by atoms with Crippen LogP contribution in [0.3, 0.4) is 0 Å². The van der Waals surface area contributed by atoms with E-state index in [1.807, 2.05) is 13.8 Å². The van der Waals surface area contributed by atoms with Crippen LogP contribution in [-0.2, 0) is 9.47 Å².